The highest BCUT2D eigenvalue weighted by atomic mass is 16.5. The number of aliphatic imine (C=N–C) groups is 1. The van der Waals surface area contributed by atoms with Gasteiger partial charge in [0.15, 0.2) is 5.96 Å². The molecular formula is C19H37N5O2. The zero-order valence-corrected chi connectivity index (χ0v) is 17.0. The molecule has 2 fully saturated rings. The molecule has 2 unspecified atom stereocenters. The summed E-state index contributed by atoms with van der Waals surface area (Å²) in [6, 6.07) is 0. The quantitative estimate of drug-likeness (QED) is 0.506. The number of hydrogen-bond donors (Lipinski definition) is 1. The fraction of sp³-hybridized carbons (Fsp3) is 0.895. The van der Waals surface area contributed by atoms with Crippen molar-refractivity contribution in [3.63, 3.8) is 0 Å². The number of carbonyl (C=O) groups is 1. The number of likely N-dealkylation sites (N-methyl/N-ethyl adjacent to an activating group) is 1. The van der Waals surface area contributed by atoms with Crippen LogP contribution in [0.15, 0.2) is 4.99 Å². The van der Waals surface area contributed by atoms with Crippen molar-refractivity contribution >= 4 is 11.9 Å². The molecule has 2 atom stereocenters. The van der Waals surface area contributed by atoms with Crippen LogP contribution in [0.1, 0.15) is 26.7 Å². The molecule has 2 rings (SSSR count). The number of nitrogens with one attached hydrogen (secondary N) is 1. The molecule has 7 heteroatoms. The monoisotopic (exact) mass is 367 g/mol. The van der Waals surface area contributed by atoms with Crippen molar-refractivity contribution in [1.82, 2.24) is 20.0 Å². The van der Waals surface area contributed by atoms with Gasteiger partial charge < -0.3 is 24.8 Å². The van der Waals surface area contributed by atoms with Crippen LogP contribution in [0.3, 0.4) is 0 Å². The summed E-state index contributed by atoms with van der Waals surface area (Å²) >= 11 is 0. The fourth-order valence-electron chi connectivity index (χ4n) is 3.55. The first-order valence-corrected chi connectivity index (χ1v) is 10.1. The van der Waals surface area contributed by atoms with E-state index in [9.17, 15) is 4.79 Å². The van der Waals surface area contributed by atoms with E-state index in [2.05, 4.69) is 34.0 Å². The molecule has 1 N–H and O–H groups in total. The molecule has 2 aliphatic rings. The molecule has 2 heterocycles. The Kier molecular flexibility index (Phi) is 8.65. The maximum atomic E-state index is 12.0. The summed E-state index contributed by atoms with van der Waals surface area (Å²) in [5, 5.41) is 3.51. The summed E-state index contributed by atoms with van der Waals surface area (Å²) in [7, 11) is 3.55. The number of rotatable bonds is 8. The Bertz CT molecular complexity index is 459. The summed E-state index contributed by atoms with van der Waals surface area (Å²) in [6.45, 7) is 12.6. The second-order valence-electron chi connectivity index (χ2n) is 7.63. The molecule has 0 aromatic rings. The van der Waals surface area contributed by atoms with E-state index in [0.29, 0.717) is 11.8 Å². The molecule has 0 aromatic carbocycles. The Morgan fingerprint density at radius 2 is 2.00 bits per heavy atom. The van der Waals surface area contributed by atoms with Crippen molar-refractivity contribution in [2.24, 2.45) is 16.8 Å². The van der Waals surface area contributed by atoms with Crippen molar-refractivity contribution in [1.29, 1.82) is 0 Å². The number of hydrogen-bond acceptors (Lipinski definition) is 4. The lowest BCUT2D eigenvalue weighted by atomic mass is 10.1. The van der Waals surface area contributed by atoms with Crippen LogP contribution in [-0.4, -0.2) is 99.7 Å². The molecule has 0 bridgehead atoms. The van der Waals surface area contributed by atoms with Gasteiger partial charge in [-0.1, -0.05) is 13.8 Å². The van der Waals surface area contributed by atoms with E-state index >= 15 is 0 Å². The van der Waals surface area contributed by atoms with Gasteiger partial charge in [0, 0.05) is 52.8 Å². The summed E-state index contributed by atoms with van der Waals surface area (Å²) in [4.78, 5) is 23.0. The fourth-order valence-corrected chi connectivity index (χ4v) is 3.55. The zero-order chi connectivity index (χ0) is 18.9. The Labute approximate surface area is 158 Å². The highest BCUT2D eigenvalue weighted by Gasteiger charge is 2.27. The largest absolute Gasteiger partial charge is 0.381 e. The molecule has 7 nitrogen and oxygen atoms in total. The minimum Gasteiger partial charge on any atom is -0.381 e. The molecule has 0 aliphatic carbocycles. The predicted molar refractivity (Wildman–Crippen MR) is 105 cm³/mol. The number of nitrogens with zero attached hydrogens (tertiary/aromatic N) is 4. The van der Waals surface area contributed by atoms with Crippen LogP contribution in [0.25, 0.3) is 0 Å². The Hall–Kier alpha value is -1.34. The van der Waals surface area contributed by atoms with Gasteiger partial charge in [0.05, 0.1) is 6.61 Å². The van der Waals surface area contributed by atoms with E-state index in [1.54, 1.807) is 19.0 Å². The third kappa shape index (κ3) is 6.43. The Morgan fingerprint density at radius 3 is 2.62 bits per heavy atom. The zero-order valence-electron chi connectivity index (χ0n) is 17.0. The lowest BCUT2D eigenvalue weighted by molar-refractivity contribution is -0.127. The summed E-state index contributed by atoms with van der Waals surface area (Å²) < 4.78 is 5.47. The molecule has 1 amide bonds. The highest BCUT2D eigenvalue weighted by Crippen LogP contribution is 2.18. The SMILES string of the molecule is CCN(CC)CC1CCN(C(=NCC(=O)N(C)C)NCC2CCOC2)C1. The minimum atomic E-state index is 0.0346. The van der Waals surface area contributed by atoms with Crippen LogP contribution in [-0.2, 0) is 9.53 Å². The molecule has 2 saturated heterocycles. The van der Waals surface area contributed by atoms with Crippen molar-refractivity contribution in [2.75, 3.05) is 73.1 Å². The molecule has 0 radical (unpaired) electrons. The second-order valence-corrected chi connectivity index (χ2v) is 7.63. The van der Waals surface area contributed by atoms with Gasteiger partial charge in [-0.3, -0.25) is 4.79 Å². The first-order chi connectivity index (χ1) is 12.5. The summed E-state index contributed by atoms with van der Waals surface area (Å²) in [6.07, 6.45) is 2.28. The molecular weight excluding hydrogens is 330 g/mol. The van der Waals surface area contributed by atoms with Crippen molar-refractivity contribution in [3.05, 3.63) is 0 Å². The second kappa shape index (κ2) is 10.7. The molecule has 0 aromatic heterocycles. The van der Waals surface area contributed by atoms with Crippen LogP contribution in [0.4, 0.5) is 0 Å². The molecule has 0 saturated carbocycles. The number of ether oxygens (including phenoxy) is 1. The highest BCUT2D eigenvalue weighted by molar-refractivity contribution is 5.85. The Balaban J connectivity index is 1.93. The van der Waals surface area contributed by atoms with Gasteiger partial charge in [0.1, 0.15) is 6.54 Å². The molecule has 0 spiro atoms. The maximum Gasteiger partial charge on any atom is 0.243 e. The van der Waals surface area contributed by atoms with E-state index in [-0.39, 0.29) is 12.5 Å². The summed E-state index contributed by atoms with van der Waals surface area (Å²) in [5.41, 5.74) is 0. The van der Waals surface area contributed by atoms with Crippen molar-refractivity contribution in [3.8, 4) is 0 Å². The number of likely N-dealkylation sites (tertiary alicyclic amines) is 1. The normalized spacial score (nSPS) is 23.7. The number of amides is 1. The first-order valence-electron chi connectivity index (χ1n) is 10.1. The number of carbonyl (C=O) groups excluding carboxylic acids is 1. The van der Waals surface area contributed by atoms with Gasteiger partial charge in [-0.15, -0.1) is 0 Å². The van der Waals surface area contributed by atoms with Crippen LogP contribution in [0, 0.1) is 11.8 Å². The first kappa shape index (κ1) is 21.0. The molecule has 2 aliphatic heterocycles. The Morgan fingerprint density at radius 1 is 1.23 bits per heavy atom. The molecule has 150 valence electrons. The van der Waals surface area contributed by atoms with Crippen LogP contribution < -0.4 is 5.32 Å². The van der Waals surface area contributed by atoms with E-state index < -0.39 is 0 Å². The predicted octanol–water partition coefficient (Wildman–Crippen LogP) is 0.720. The standard InChI is InChI=1S/C19H37N5O2/c1-5-23(6-2)13-17-7-9-24(14-17)19(21-12-18(25)22(3)4)20-11-16-8-10-26-15-16/h16-17H,5-15H2,1-4H3,(H,20,21). The maximum absolute atomic E-state index is 12.0. The minimum absolute atomic E-state index is 0.0346. The lowest BCUT2D eigenvalue weighted by Crippen LogP contribution is -2.43. The smallest absolute Gasteiger partial charge is 0.243 e. The van der Waals surface area contributed by atoms with Crippen LogP contribution in [0.5, 0.6) is 0 Å². The average molecular weight is 368 g/mol. The van der Waals surface area contributed by atoms with Gasteiger partial charge in [-0.05, 0) is 31.8 Å². The topological polar surface area (TPSA) is 60.4 Å². The number of guanidine groups is 1. The van der Waals surface area contributed by atoms with Crippen molar-refractivity contribution < 1.29 is 9.53 Å². The van der Waals surface area contributed by atoms with Gasteiger partial charge in [-0.2, -0.15) is 0 Å². The van der Waals surface area contributed by atoms with Gasteiger partial charge in [-0.25, -0.2) is 4.99 Å². The van der Waals surface area contributed by atoms with Gasteiger partial charge in [0.2, 0.25) is 5.91 Å². The summed E-state index contributed by atoms with van der Waals surface area (Å²) in [5.74, 6) is 2.13. The average Bonchev–Trinajstić information content (AvgIpc) is 3.31. The van der Waals surface area contributed by atoms with E-state index in [1.165, 1.54) is 6.42 Å². The third-order valence-corrected chi connectivity index (χ3v) is 5.43. The van der Waals surface area contributed by atoms with Crippen LogP contribution >= 0.6 is 0 Å². The van der Waals surface area contributed by atoms with E-state index in [0.717, 1.165) is 64.9 Å². The van der Waals surface area contributed by atoms with Gasteiger partial charge >= 0.3 is 0 Å². The van der Waals surface area contributed by atoms with E-state index in [4.69, 9.17) is 4.74 Å². The third-order valence-electron chi connectivity index (χ3n) is 5.43. The van der Waals surface area contributed by atoms with E-state index in [1.807, 2.05) is 0 Å². The van der Waals surface area contributed by atoms with Gasteiger partial charge in [0.25, 0.3) is 0 Å². The molecule has 26 heavy (non-hydrogen) atoms. The van der Waals surface area contributed by atoms with Crippen LogP contribution in [0.2, 0.25) is 0 Å². The van der Waals surface area contributed by atoms with Crippen molar-refractivity contribution in [2.45, 2.75) is 26.7 Å². The lowest BCUT2D eigenvalue weighted by Gasteiger charge is -2.25.